The van der Waals surface area contributed by atoms with Gasteiger partial charge >= 0.3 is 0 Å². The summed E-state index contributed by atoms with van der Waals surface area (Å²) in [6.45, 7) is 2.00. The van der Waals surface area contributed by atoms with E-state index in [0.717, 1.165) is 21.3 Å². The minimum absolute atomic E-state index is 0.353. The van der Waals surface area contributed by atoms with Crippen molar-refractivity contribution in [3.05, 3.63) is 64.1 Å². The van der Waals surface area contributed by atoms with E-state index in [4.69, 9.17) is 5.73 Å². The third-order valence-electron chi connectivity index (χ3n) is 3.40. The predicted molar refractivity (Wildman–Crippen MR) is 90.6 cm³/mol. The molecule has 0 saturated heterocycles. The van der Waals surface area contributed by atoms with Crippen LogP contribution < -0.4 is 5.73 Å². The molecule has 0 unspecified atom stereocenters. The van der Waals surface area contributed by atoms with E-state index in [0.29, 0.717) is 17.1 Å². The Hall–Kier alpha value is -2.58. The topological polar surface area (TPSA) is 67.6 Å². The molecule has 1 heterocycles. The summed E-state index contributed by atoms with van der Waals surface area (Å²) in [6, 6.07) is 17.7. The quantitative estimate of drug-likeness (QED) is 0.755. The van der Waals surface area contributed by atoms with Crippen molar-refractivity contribution in [3.8, 4) is 23.0 Å². The van der Waals surface area contributed by atoms with E-state index >= 15 is 0 Å². The summed E-state index contributed by atoms with van der Waals surface area (Å²) >= 11 is 3.40. The summed E-state index contributed by atoms with van der Waals surface area (Å²) in [5.41, 5.74) is 9.93. The van der Waals surface area contributed by atoms with Gasteiger partial charge in [0.15, 0.2) is 0 Å². The molecule has 0 saturated carbocycles. The van der Waals surface area contributed by atoms with Crippen LogP contribution in [0.1, 0.15) is 11.1 Å². The Balaban J connectivity index is 2.19. The van der Waals surface area contributed by atoms with E-state index < -0.39 is 0 Å². The average molecular weight is 353 g/mol. The van der Waals surface area contributed by atoms with E-state index in [-0.39, 0.29) is 0 Å². The number of nitrogens with zero attached hydrogens (tertiary/aromatic N) is 3. The van der Waals surface area contributed by atoms with Crippen LogP contribution in [-0.2, 0) is 0 Å². The third-order valence-corrected chi connectivity index (χ3v) is 3.93. The van der Waals surface area contributed by atoms with Gasteiger partial charge in [-0.05, 0) is 36.8 Å². The van der Waals surface area contributed by atoms with Crippen molar-refractivity contribution in [2.24, 2.45) is 0 Å². The van der Waals surface area contributed by atoms with E-state index in [1.807, 2.05) is 55.5 Å². The first-order chi connectivity index (χ1) is 10.6. The van der Waals surface area contributed by atoms with Crippen molar-refractivity contribution < 1.29 is 0 Å². The van der Waals surface area contributed by atoms with Crippen LogP contribution in [0.3, 0.4) is 0 Å². The lowest BCUT2D eigenvalue weighted by Crippen LogP contribution is -2.02. The lowest BCUT2D eigenvalue weighted by atomic mass is 10.1. The van der Waals surface area contributed by atoms with Gasteiger partial charge in [0, 0.05) is 10.0 Å². The zero-order chi connectivity index (χ0) is 15.7. The van der Waals surface area contributed by atoms with Gasteiger partial charge in [0.05, 0.1) is 5.69 Å². The monoisotopic (exact) mass is 352 g/mol. The first-order valence-electron chi connectivity index (χ1n) is 6.71. The molecule has 3 aromatic rings. The molecule has 5 heteroatoms. The summed E-state index contributed by atoms with van der Waals surface area (Å²) in [5.74, 6) is 0.353. The van der Waals surface area contributed by atoms with E-state index in [1.54, 1.807) is 4.68 Å². The molecule has 0 radical (unpaired) electrons. The second-order valence-corrected chi connectivity index (χ2v) is 5.89. The molecular formula is C17H13BrN4. The molecule has 0 aliphatic rings. The molecule has 2 N–H and O–H groups in total. The van der Waals surface area contributed by atoms with Gasteiger partial charge in [-0.25, -0.2) is 4.68 Å². The van der Waals surface area contributed by atoms with Crippen molar-refractivity contribution in [1.82, 2.24) is 9.78 Å². The molecule has 0 atom stereocenters. The largest absolute Gasteiger partial charge is 0.382 e. The third kappa shape index (κ3) is 2.49. The highest BCUT2D eigenvalue weighted by atomic mass is 79.9. The lowest BCUT2D eigenvalue weighted by Gasteiger charge is -2.04. The molecule has 22 heavy (non-hydrogen) atoms. The maximum absolute atomic E-state index is 9.44. The number of aromatic nitrogens is 2. The molecule has 0 aliphatic heterocycles. The maximum atomic E-state index is 9.44. The number of aryl methyl sites for hydroxylation is 1. The minimum atomic E-state index is 0.353. The van der Waals surface area contributed by atoms with Gasteiger partial charge in [0.2, 0.25) is 0 Å². The molecule has 0 bridgehead atoms. The smallest absolute Gasteiger partial charge is 0.145 e. The maximum Gasteiger partial charge on any atom is 0.145 e. The summed E-state index contributed by atoms with van der Waals surface area (Å²) in [6.07, 6.45) is 0. The molecule has 2 aromatic carbocycles. The molecule has 4 nitrogen and oxygen atoms in total. The summed E-state index contributed by atoms with van der Waals surface area (Å²) in [5, 5.41) is 14.0. The van der Waals surface area contributed by atoms with Gasteiger partial charge in [-0.2, -0.15) is 10.4 Å². The molecule has 0 fully saturated rings. The summed E-state index contributed by atoms with van der Waals surface area (Å²) in [7, 11) is 0. The van der Waals surface area contributed by atoms with Gasteiger partial charge in [0.1, 0.15) is 23.1 Å². The number of nitrogen functional groups attached to an aromatic ring is 1. The number of hydrogen-bond donors (Lipinski definition) is 1. The number of rotatable bonds is 2. The highest BCUT2D eigenvalue weighted by Gasteiger charge is 2.17. The van der Waals surface area contributed by atoms with Crippen molar-refractivity contribution in [2.75, 3.05) is 5.73 Å². The van der Waals surface area contributed by atoms with Crippen LogP contribution >= 0.6 is 15.9 Å². The molecule has 0 spiro atoms. The number of hydrogen-bond acceptors (Lipinski definition) is 3. The van der Waals surface area contributed by atoms with Crippen LogP contribution in [0.15, 0.2) is 53.0 Å². The first kappa shape index (κ1) is 14.4. The van der Waals surface area contributed by atoms with Gasteiger partial charge in [-0.3, -0.25) is 0 Å². The van der Waals surface area contributed by atoms with Gasteiger partial charge in [-0.15, -0.1) is 0 Å². The van der Waals surface area contributed by atoms with Crippen LogP contribution in [-0.4, -0.2) is 9.78 Å². The molecule has 0 aliphatic carbocycles. The molecular weight excluding hydrogens is 340 g/mol. The number of nitrogens with two attached hydrogens (primary N) is 1. The van der Waals surface area contributed by atoms with E-state index in [2.05, 4.69) is 27.1 Å². The zero-order valence-corrected chi connectivity index (χ0v) is 13.5. The number of halogens is 1. The van der Waals surface area contributed by atoms with Gasteiger partial charge in [-0.1, -0.05) is 40.2 Å². The Morgan fingerprint density at radius 3 is 2.55 bits per heavy atom. The van der Waals surface area contributed by atoms with Crippen molar-refractivity contribution in [1.29, 1.82) is 5.26 Å². The fourth-order valence-electron chi connectivity index (χ4n) is 2.31. The fraction of sp³-hybridized carbons (Fsp3) is 0.0588. The molecule has 108 valence electrons. The lowest BCUT2D eigenvalue weighted by molar-refractivity contribution is 0.893. The van der Waals surface area contributed by atoms with Gasteiger partial charge < -0.3 is 5.73 Å². The number of anilines is 1. The second-order valence-electron chi connectivity index (χ2n) is 4.98. The zero-order valence-electron chi connectivity index (χ0n) is 11.9. The Kier molecular flexibility index (Phi) is 3.70. The van der Waals surface area contributed by atoms with E-state index in [1.165, 1.54) is 0 Å². The van der Waals surface area contributed by atoms with Crippen LogP contribution in [0.25, 0.3) is 16.9 Å². The normalized spacial score (nSPS) is 10.4. The standard InChI is InChI=1S/C17H13BrN4/c1-11-3-2-4-14(9-11)22-17(20)15(10-19)16(21-22)12-5-7-13(18)8-6-12/h2-9H,20H2,1H3. The van der Waals surface area contributed by atoms with Crippen LogP contribution in [0.4, 0.5) is 5.82 Å². The van der Waals surface area contributed by atoms with Crippen molar-refractivity contribution in [3.63, 3.8) is 0 Å². The summed E-state index contributed by atoms with van der Waals surface area (Å²) in [4.78, 5) is 0. The Morgan fingerprint density at radius 2 is 1.91 bits per heavy atom. The number of benzene rings is 2. The highest BCUT2D eigenvalue weighted by molar-refractivity contribution is 9.10. The summed E-state index contributed by atoms with van der Waals surface area (Å²) < 4.78 is 2.59. The highest BCUT2D eigenvalue weighted by Crippen LogP contribution is 2.29. The second kappa shape index (κ2) is 5.66. The number of nitriles is 1. The van der Waals surface area contributed by atoms with Crippen LogP contribution in [0, 0.1) is 18.3 Å². The Bertz CT molecular complexity index is 873. The van der Waals surface area contributed by atoms with Crippen LogP contribution in [0.5, 0.6) is 0 Å². The fourth-order valence-corrected chi connectivity index (χ4v) is 2.57. The Morgan fingerprint density at radius 1 is 1.18 bits per heavy atom. The first-order valence-corrected chi connectivity index (χ1v) is 7.51. The van der Waals surface area contributed by atoms with Gasteiger partial charge in [0.25, 0.3) is 0 Å². The predicted octanol–water partition coefficient (Wildman–Crippen LogP) is 4.06. The van der Waals surface area contributed by atoms with Crippen LogP contribution in [0.2, 0.25) is 0 Å². The molecule has 3 rings (SSSR count). The SMILES string of the molecule is Cc1cccc(-n2nc(-c3ccc(Br)cc3)c(C#N)c2N)c1. The molecule has 1 aromatic heterocycles. The average Bonchev–Trinajstić information content (AvgIpc) is 2.85. The van der Waals surface area contributed by atoms with Crippen molar-refractivity contribution in [2.45, 2.75) is 6.92 Å². The Labute approximate surface area is 136 Å². The van der Waals surface area contributed by atoms with E-state index in [9.17, 15) is 5.26 Å². The van der Waals surface area contributed by atoms with Crippen molar-refractivity contribution >= 4 is 21.7 Å². The molecule has 0 amide bonds. The minimum Gasteiger partial charge on any atom is -0.382 e.